The van der Waals surface area contributed by atoms with Crippen molar-refractivity contribution in [3.8, 4) is 11.3 Å². The van der Waals surface area contributed by atoms with Crippen molar-refractivity contribution in [1.29, 1.82) is 0 Å². The molecule has 8 heteroatoms. The number of aryl methyl sites for hydroxylation is 1. The number of hydrogen-bond acceptors (Lipinski definition) is 6. The number of fused-ring (bicyclic) bond motifs is 3. The zero-order chi connectivity index (χ0) is 23.2. The van der Waals surface area contributed by atoms with E-state index >= 15 is 0 Å². The number of nitrogens with one attached hydrogen (secondary N) is 1. The van der Waals surface area contributed by atoms with Crippen molar-refractivity contribution in [3.63, 3.8) is 0 Å². The lowest BCUT2D eigenvalue weighted by atomic mass is 10.1. The molecule has 7 nitrogen and oxygen atoms in total. The predicted molar refractivity (Wildman–Crippen MR) is 138 cm³/mol. The van der Waals surface area contributed by atoms with Gasteiger partial charge in [0, 0.05) is 34.0 Å². The molecular weight excluding hydrogens is 428 g/mol. The van der Waals surface area contributed by atoms with E-state index in [1.165, 1.54) is 18.4 Å². The Morgan fingerprint density at radius 3 is 2.58 bits per heavy atom. The molecule has 3 aliphatic rings. The second-order valence-corrected chi connectivity index (χ2v) is 16.2. The standard InChI is InChI=1S/C25H36N6OSi/c1-19-7-9-20(10-8-19)22-15-23-24(30(22)18-32-13-14-33(2,3)4)27-16-21-17-28-25(26,31(21)23)29-11-5-6-12-29/h7-10,15-17,28H,5-6,11-14,18,26H2,1-4H3. The van der Waals surface area contributed by atoms with E-state index in [0.29, 0.717) is 6.73 Å². The number of aliphatic imine (C=N–C) groups is 1. The molecule has 3 aliphatic heterocycles. The lowest BCUT2D eigenvalue weighted by molar-refractivity contribution is 0.0894. The minimum Gasteiger partial charge on any atom is -0.361 e. The zero-order valence-electron chi connectivity index (χ0n) is 20.3. The van der Waals surface area contributed by atoms with Crippen molar-refractivity contribution in [2.45, 2.75) is 58.1 Å². The molecule has 0 aliphatic carbocycles. The first kappa shape index (κ1) is 22.4. The number of allylic oxidation sites excluding steroid dienone is 1. The molecule has 2 aromatic rings. The first-order valence-corrected chi connectivity index (χ1v) is 15.7. The van der Waals surface area contributed by atoms with Gasteiger partial charge < -0.3 is 14.6 Å². The summed E-state index contributed by atoms with van der Waals surface area (Å²) in [5.41, 5.74) is 12.5. The fourth-order valence-electron chi connectivity index (χ4n) is 4.79. The van der Waals surface area contributed by atoms with Crippen LogP contribution < -0.4 is 16.0 Å². The Labute approximate surface area is 197 Å². The molecular formula is C25H36N6OSi. The van der Waals surface area contributed by atoms with Crippen molar-refractivity contribution in [3.05, 3.63) is 47.8 Å². The summed E-state index contributed by atoms with van der Waals surface area (Å²) in [7, 11) is -1.15. The van der Waals surface area contributed by atoms with E-state index in [-0.39, 0.29) is 0 Å². The summed E-state index contributed by atoms with van der Waals surface area (Å²) in [6.45, 7) is 12.5. The summed E-state index contributed by atoms with van der Waals surface area (Å²) in [5.74, 6) is 0.121. The Kier molecular flexibility index (Phi) is 5.72. The van der Waals surface area contributed by atoms with Gasteiger partial charge >= 0.3 is 0 Å². The second-order valence-electron chi connectivity index (χ2n) is 10.6. The van der Waals surface area contributed by atoms with Gasteiger partial charge in [-0.05, 0) is 37.4 Å². The highest BCUT2D eigenvalue weighted by Gasteiger charge is 2.47. The van der Waals surface area contributed by atoms with Crippen LogP contribution in [-0.4, -0.2) is 49.4 Å². The van der Waals surface area contributed by atoms with Crippen LogP contribution in [0.1, 0.15) is 18.4 Å². The molecule has 176 valence electrons. The molecule has 0 bridgehead atoms. The zero-order valence-corrected chi connectivity index (χ0v) is 21.3. The molecule has 0 amide bonds. The topological polar surface area (TPSA) is 71.0 Å². The molecule has 3 N–H and O–H groups in total. The molecule has 0 saturated carbocycles. The van der Waals surface area contributed by atoms with Crippen molar-refractivity contribution >= 4 is 25.8 Å². The Hall–Kier alpha value is -2.39. The number of anilines is 1. The third-order valence-electron chi connectivity index (χ3n) is 6.79. The van der Waals surface area contributed by atoms with E-state index in [9.17, 15) is 0 Å². The number of likely N-dealkylation sites (tertiary alicyclic amines) is 1. The summed E-state index contributed by atoms with van der Waals surface area (Å²) in [6.07, 6.45) is 6.24. The van der Waals surface area contributed by atoms with Crippen LogP contribution in [0.25, 0.3) is 11.3 Å². The maximum Gasteiger partial charge on any atom is 0.231 e. The summed E-state index contributed by atoms with van der Waals surface area (Å²) < 4.78 is 8.40. The van der Waals surface area contributed by atoms with Gasteiger partial charge in [0.25, 0.3) is 0 Å². The molecule has 4 heterocycles. The average molecular weight is 465 g/mol. The smallest absolute Gasteiger partial charge is 0.231 e. The maximum atomic E-state index is 7.01. The third kappa shape index (κ3) is 4.16. The molecule has 1 saturated heterocycles. The Morgan fingerprint density at radius 2 is 1.88 bits per heavy atom. The fourth-order valence-corrected chi connectivity index (χ4v) is 5.55. The highest BCUT2D eigenvalue weighted by atomic mass is 28.3. The number of ether oxygens (including phenoxy) is 1. The van der Waals surface area contributed by atoms with Gasteiger partial charge in [0.05, 0.1) is 23.3 Å². The number of nitrogens with two attached hydrogens (primary N) is 1. The highest BCUT2D eigenvalue weighted by molar-refractivity contribution is 6.76. The van der Waals surface area contributed by atoms with E-state index in [2.05, 4.69) is 76.6 Å². The first-order chi connectivity index (χ1) is 15.8. The van der Waals surface area contributed by atoms with Crippen molar-refractivity contribution in [1.82, 2.24) is 14.8 Å². The third-order valence-corrected chi connectivity index (χ3v) is 8.50. The van der Waals surface area contributed by atoms with Crippen LogP contribution in [-0.2, 0) is 11.5 Å². The summed E-state index contributed by atoms with van der Waals surface area (Å²) in [5, 5.41) is 3.44. The van der Waals surface area contributed by atoms with E-state index < -0.39 is 14.0 Å². The molecule has 1 aromatic carbocycles. The molecule has 1 fully saturated rings. The van der Waals surface area contributed by atoms with Gasteiger partial charge in [-0.3, -0.25) is 15.5 Å². The first-order valence-electron chi connectivity index (χ1n) is 12.0. The van der Waals surface area contributed by atoms with Crippen LogP contribution in [0, 0.1) is 6.92 Å². The lowest BCUT2D eigenvalue weighted by Crippen LogP contribution is -2.70. The largest absolute Gasteiger partial charge is 0.361 e. The van der Waals surface area contributed by atoms with E-state index in [1.54, 1.807) is 0 Å². The molecule has 5 rings (SSSR count). The van der Waals surface area contributed by atoms with Gasteiger partial charge in [0.1, 0.15) is 6.73 Å². The normalized spacial score (nSPS) is 22.3. The van der Waals surface area contributed by atoms with Gasteiger partial charge in [-0.1, -0.05) is 49.5 Å². The molecule has 1 unspecified atom stereocenters. The SMILES string of the molecule is Cc1ccc(-c2cc3c(n2COCC[Si](C)(C)C)N=CC2=CNC(N)(N4CCCC4)N23)cc1. The predicted octanol–water partition coefficient (Wildman–Crippen LogP) is 4.41. The van der Waals surface area contributed by atoms with Crippen LogP contribution in [0.3, 0.4) is 0 Å². The number of hydrogen-bond donors (Lipinski definition) is 2. The number of aromatic nitrogens is 1. The molecule has 0 radical (unpaired) electrons. The van der Waals surface area contributed by atoms with Gasteiger partial charge in [-0.2, -0.15) is 0 Å². The van der Waals surface area contributed by atoms with Crippen LogP contribution in [0.15, 0.2) is 47.2 Å². The van der Waals surface area contributed by atoms with Crippen molar-refractivity contribution < 1.29 is 4.74 Å². The maximum absolute atomic E-state index is 7.01. The number of benzene rings is 1. The number of rotatable bonds is 7. The van der Waals surface area contributed by atoms with Gasteiger partial charge in [0.2, 0.25) is 5.91 Å². The Bertz CT molecular complexity index is 1080. The summed E-state index contributed by atoms with van der Waals surface area (Å²) in [6, 6.07) is 12.0. The molecule has 0 spiro atoms. The van der Waals surface area contributed by atoms with Crippen LogP contribution in [0.2, 0.25) is 25.7 Å². The molecule has 33 heavy (non-hydrogen) atoms. The fraction of sp³-hybridized carbons (Fsp3) is 0.480. The van der Waals surface area contributed by atoms with Crippen LogP contribution in [0.5, 0.6) is 0 Å². The van der Waals surface area contributed by atoms with Crippen molar-refractivity contribution in [2.24, 2.45) is 10.7 Å². The van der Waals surface area contributed by atoms with Gasteiger partial charge in [-0.25, -0.2) is 4.99 Å². The monoisotopic (exact) mass is 464 g/mol. The van der Waals surface area contributed by atoms with E-state index in [0.717, 1.165) is 54.2 Å². The average Bonchev–Trinajstić information content (AvgIpc) is 3.49. The van der Waals surface area contributed by atoms with E-state index in [4.69, 9.17) is 15.5 Å². The van der Waals surface area contributed by atoms with Gasteiger partial charge in [0.15, 0.2) is 5.82 Å². The minimum absolute atomic E-state index is 0.474. The van der Waals surface area contributed by atoms with Gasteiger partial charge in [-0.15, -0.1) is 0 Å². The Morgan fingerprint density at radius 1 is 1.15 bits per heavy atom. The molecule has 1 aromatic heterocycles. The quantitative estimate of drug-likeness (QED) is 0.469. The number of nitrogens with zero attached hydrogens (tertiary/aromatic N) is 4. The minimum atomic E-state index is -1.15. The van der Waals surface area contributed by atoms with Crippen LogP contribution in [0.4, 0.5) is 11.5 Å². The summed E-state index contributed by atoms with van der Waals surface area (Å²) in [4.78, 5) is 9.39. The molecule has 1 atom stereocenters. The highest BCUT2D eigenvalue weighted by Crippen LogP contribution is 2.45. The second kappa shape index (κ2) is 8.43. The lowest BCUT2D eigenvalue weighted by Gasteiger charge is -2.44. The van der Waals surface area contributed by atoms with Crippen molar-refractivity contribution in [2.75, 3.05) is 24.6 Å². The van der Waals surface area contributed by atoms with Crippen LogP contribution >= 0.6 is 0 Å². The van der Waals surface area contributed by atoms with E-state index in [1.807, 2.05) is 12.4 Å². The Balaban J connectivity index is 1.53. The summed E-state index contributed by atoms with van der Waals surface area (Å²) >= 11 is 0.